The highest BCUT2D eigenvalue weighted by Crippen LogP contribution is 2.29. The Hall–Kier alpha value is -3.56. The summed E-state index contributed by atoms with van der Waals surface area (Å²) >= 11 is 0. The lowest BCUT2D eigenvalue weighted by Crippen LogP contribution is -2.31. The number of carbonyl (C=O) groups excluding carboxylic acids is 1. The maximum Gasteiger partial charge on any atom is 0.254 e. The highest BCUT2D eigenvalue weighted by Gasteiger charge is 2.28. The Balaban J connectivity index is 0.00000408. The number of aromatic nitrogens is 1. The maximum atomic E-state index is 14.8. The molecular weight excluding hydrogens is 466 g/mol. The molecule has 0 bridgehead atoms. The van der Waals surface area contributed by atoms with Crippen molar-refractivity contribution < 1.29 is 23.0 Å². The molecule has 1 unspecified atom stereocenters. The lowest BCUT2D eigenvalue weighted by Gasteiger charge is -2.19. The number of nitrogens with zero attached hydrogens (tertiary/aromatic N) is 1. The molecule has 0 spiro atoms. The van der Waals surface area contributed by atoms with Gasteiger partial charge in [-0.15, -0.1) is 12.4 Å². The van der Waals surface area contributed by atoms with Gasteiger partial charge in [0.2, 0.25) is 0 Å². The van der Waals surface area contributed by atoms with E-state index in [4.69, 9.17) is 20.6 Å². The summed E-state index contributed by atoms with van der Waals surface area (Å²) in [6.07, 6.45) is 1.71. The number of hydrogen-bond acceptors (Lipinski definition) is 5. The van der Waals surface area contributed by atoms with Crippen LogP contribution in [0.2, 0.25) is 0 Å². The molecule has 4 N–H and O–H groups in total. The Morgan fingerprint density at radius 1 is 1.09 bits per heavy atom. The zero-order valence-corrected chi connectivity index (χ0v) is 19.2. The van der Waals surface area contributed by atoms with Crippen LogP contribution < -0.4 is 15.8 Å². The van der Waals surface area contributed by atoms with E-state index in [1.54, 1.807) is 55.7 Å². The third kappa shape index (κ3) is 6.97. The molecule has 7 nitrogen and oxygen atoms in total. The van der Waals surface area contributed by atoms with Crippen LogP contribution in [0, 0.1) is 17.0 Å². The van der Waals surface area contributed by atoms with Crippen molar-refractivity contribution >= 4 is 24.1 Å². The first-order chi connectivity index (χ1) is 15.9. The average molecular weight is 491 g/mol. The number of amidine groups is 1. The topological polar surface area (TPSA) is 110 Å². The van der Waals surface area contributed by atoms with E-state index in [2.05, 4.69) is 10.3 Å². The Labute approximate surface area is 202 Å². The van der Waals surface area contributed by atoms with Crippen molar-refractivity contribution in [2.45, 2.75) is 26.2 Å². The summed E-state index contributed by atoms with van der Waals surface area (Å²) in [4.78, 5) is 16.6. The van der Waals surface area contributed by atoms with Crippen LogP contribution in [0.1, 0.15) is 35.3 Å². The van der Waals surface area contributed by atoms with Gasteiger partial charge in [0, 0.05) is 43.2 Å². The Morgan fingerprint density at radius 3 is 2.26 bits per heavy atom. The molecule has 3 aromatic rings. The monoisotopic (exact) mass is 490 g/mol. The van der Waals surface area contributed by atoms with Gasteiger partial charge >= 0.3 is 0 Å². The fraction of sp³-hybridized carbons (Fsp3) is 0.208. The van der Waals surface area contributed by atoms with Crippen molar-refractivity contribution in [1.82, 2.24) is 10.3 Å². The molecule has 1 amide bonds. The Morgan fingerprint density at radius 2 is 1.71 bits per heavy atom. The Kier molecular flexibility index (Phi) is 9.91. The quantitative estimate of drug-likeness (QED) is 0.293. The number of hydrogen-bond donors (Lipinski definition) is 3. The van der Waals surface area contributed by atoms with Gasteiger partial charge < -0.3 is 20.5 Å². The van der Waals surface area contributed by atoms with E-state index in [9.17, 15) is 13.6 Å². The smallest absolute Gasteiger partial charge is 0.254 e. The normalized spacial score (nSPS) is 11.3. The van der Waals surface area contributed by atoms with Crippen LogP contribution in [-0.2, 0) is 22.7 Å². The van der Waals surface area contributed by atoms with Gasteiger partial charge in [-0.25, -0.2) is 8.78 Å². The van der Waals surface area contributed by atoms with Gasteiger partial charge in [-0.05, 0) is 30.2 Å². The molecule has 0 aliphatic heterocycles. The van der Waals surface area contributed by atoms with Crippen molar-refractivity contribution in [2.75, 3.05) is 6.61 Å². The molecule has 0 saturated heterocycles. The minimum absolute atomic E-state index is 0. The van der Waals surface area contributed by atoms with E-state index in [1.807, 2.05) is 0 Å². The molecule has 180 valence electrons. The fourth-order valence-corrected chi connectivity index (χ4v) is 3.08. The zero-order chi connectivity index (χ0) is 23.8. The van der Waals surface area contributed by atoms with Crippen molar-refractivity contribution in [2.24, 2.45) is 5.73 Å². The van der Waals surface area contributed by atoms with Crippen LogP contribution in [0.4, 0.5) is 8.78 Å². The van der Waals surface area contributed by atoms with Gasteiger partial charge in [-0.3, -0.25) is 15.2 Å². The summed E-state index contributed by atoms with van der Waals surface area (Å²) in [5.74, 6) is -2.65. The van der Waals surface area contributed by atoms with Crippen molar-refractivity contribution in [1.29, 1.82) is 5.41 Å². The van der Waals surface area contributed by atoms with Crippen molar-refractivity contribution in [3.05, 3.63) is 94.8 Å². The Bertz CT molecular complexity index is 1090. The molecule has 0 aliphatic rings. The van der Waals surface area contributed by atoms with Crippen molar-refractivity contribution in [3.63, 3.8) is 0 Å². The van der Waals surface area contributed by atoms with Crippen LogP contribution in [0.3, 0.4) is 0 Å². The molecule has 1 atom stereocenters. The summed E-state index contributed by atoms with van der Waals surface area (Å²) < 4.78 is 40.5. The lowest BCUT2D eigenvalue weighted by molar-refractivity contribution is -0.133. The van der Waals surface area contributed by atoms with Gasteiger partial charge in [0.25, 0.3) is 5.91 Å². The molecule has 2 aromatic carbocycles. The summed E-state index contributed by atoms with van der Waals surface area (Å²) in [5.41, 5.74) is 7.00. The number of benzene rings is 2. The van der Waals surface area contributed by atoms with E-state index in [-0.39, 0.29) is 43.8 Å². The third-order valence-electron chi connectivity index (χ3n) is 4.77. The van der Waals surface area contributed by atoms with Crippen LogP contribution in [0.15, 0.2) is 60.9 Å². The van der Waals surface area contributed by atoms with Gasteiger partial charge in [-0.2, -0.15) is 0 Å². The highest BCUT2D eigenvalue weighted by molar-refractivity contribution is 5.94. The van der Waals surface area contributed by atoms with Crippen LogP contribution >= 0.6 is 12.4 Å². The van der Waals surface area contributed by atoms with E-state index in [1.165, 1.54) is 0 Å². The number of nitrogens with two attached hydrogens (primary N) is 1. The number of amides is 1. The predicted molar refractivity (Wildman–Crippen MR) is 126 cm³/mol. The lowest BCUT2D eigenvalue weighted by atomic mass is 10.1. The standard InChI is InChI=1S/C24H24F2N4O3.ClH/c1-2-32-22(24(31)30-13-15-3-5-17(6-4-15)23(27)28)21-19(25)11-18(12-20(21)26)33-14-16-7-9-29-10-8-16;/h3-12,22H,2,13-14H2,1H3,(H3,27,28)(H,30,31);1H. The SMILES string of the molecule is CCOC(C(=O)NCc1ccc(C(=N)N)cc1)c1c(F)cc(OCc2ccncc2)cc1F.Cl. The number of ether oxygens (including phenoxy) is 2. The van der Waals surface area contributed by atoms with Gasteiger partial charge in [0.15, 0.2) is 6.10 Å². The number of halogens is 3. The summed E-state index contributed by atoms with van der Waals surface area (Å²) in [6.45, 7) is 1.92. The number of nitrogens with one attached hydrogen (secondary N) is 2. The van der Waals surface area contributed by atoms with E-state index in [0.29, 0.717) is 5.56 Å². The highest BCUT2D eigenvalue weighted by atomic mass is 35.5. The summed E-state index contributed by atoms with van der Waals surface area (Å²) in [6, 6.07) is 12.2. The molecular formula is C24H25ClF2N4O3. The van der Waals surface area contributed by atoms with E-state index >= 15 is 0 Å². The molecule has 34 heavy (non-hydrogen) atoms. The first kappa shape index (κ1) is 26.7. The molecule has 0 saturated carbocycles. The second kappa shape index (κ2) is 12.6. The second-order valence-corrected chi connectivity index (χ2v) is 7.11. The van der Waals surface area contributed by atoms with Gasteiger partial charge in [0.1, 0.15) is 29.8 Å². The first-order valence-corrected chi connectivity index (χ1v) is 10.2. The van der Waals surface area contributed by atoms with Crippen molar-refractivity contribution in [3.8, 4) is 5.75 Å². The molecule has 0 aliphatic carbocycles. The molecule has 3 rings (SSSR count). The minimum atomic E-state index is -1.47. The molecule has 0 fully saturated rings. The second-order valence-electron chi connectivity index (χ2n) is 7.11. The molecule has 0 radical (unpaired) electrons. The predicted octanol–water partition coefficient (Wildman–Crippen LogP) is 4.04. The molecule has 10 heteroatoms. The summed E-state index contributed by atoms with van der Waals surface area (Å²) in [7, 11) is 0. The number of rotatable bonds is 10. The first-order valence-electron chi connectivity index (χ1n) is 10.2. The average Bonchev–Trinajstić information content (AvgIpc) is 2.81. The van der Waals surface area contributed by atoms with E-state index in [0.717, 1.165) is 23.3 Å². The van der Waals surface area contributed by atoms with Gasteiger partial charge in [-0.1, -0.05) is 24.3 Å². The number of carbonyl (C=O) groups is 1. The third-order valence-corrected chi connectivity index (χ3v) is 4.77. The van der Waals surface area contributed by atoms with Crippen LogP contribution in [0.25, 0.3) is 0 Å². The summed E-state index contributed by atoms with van der Waals surface area (Å²) in [5, 5.41) is 10.0. The van der Waals surface area contributed by atoms with Crippen LogP contribution in [0.5, 0.6) is 5.75 Å². The zero-order valence-electron chi connectivity index (χ0n) is 18.4. The minimum Gasteiger partial charge on any atom is -0.489 e. The van der Waals surface area contributed by atoms with Gasteiger partial charge in [0.05, 0.1) is 5.56 Å². The number of pyridine rings is 1. The van der Waals surface area contributed by atoms with E-state index < -0.39 is 29.2 Å². The molecule has 1 heterocycles. The largest absolute Gasteiger partial charge is 0.489 e. The maximum absolute atomic E-state index is 14.8. The molecule has 1 aromatic heterocycles. The number of nitrogen functional groups attached to an aromatic ring is 1. The van der Waals surface area contributed by atoms with Crippen LogP contribution in [-0.4, -0.2) is 23.3 Å². The fourth-order valence-electron chi connectivity index (χ4n) is 3.08.